The highest BCUT2D eigenvalue weighted by Gasteiger charge is 2.28. The average molecular weight is 182 g/mol. The van der Waals surface area contributed by atoms with Gasteiger partial charge in [-0.2, -0.15) is 0 Å². The van der Waals surface area contributed by atoms with E-state index in [2.05, 4.69) is 15.0 Å². The van der Waals surface area contributed by atoms with Crippen LogP contribution in [0.25, 0.3) is 0 Å². The summed E-state index contributed by atoms with van der Waals surface area (Å²) < 4.78 is 10.0. The standard InChI is InChI=1S/C6H14O6/c1-4-8-6(3,9-5-2)10-12-11-7/h7H,4-5H2,1-3H3. The number of hydrogen-bond donors (Lipinski definition) is 1. The van der Waals surface area contributed by atoms with Crippen LogP contribution in [-0.4, -0.2) is 24.4 Å². The van der Waals surface area contributed by atoms with Gasteiger partial charge in [-0.15, -0.1) is 4.89 Å². The Bertz CT molecular complexity index is 100. The van der Waals surface area contributed by atoms with Gasteiger partial charge in [-0.25, -0.2) is 5.26 Å². The maximum atomic E-state index is 7.81. The van der Waals surface area contributed by atoms with Gasteiger partial charge in [0, 0.05) is 20.1 Å². The lowest BCUT2D eigenvalue weighted by molar-refractivity contribution is -0.676. The van der Waals surface area contributed by atoms with Crippen molar-refractivity contribution in [3.05, 3.63) is 0 Å². The van der Waals surface area contributed by atoms with Crippen LogP contribution < -0.4 is 0 Å². The summed E-state index contributed by atoms with van der Waals surface area (Å²) in [6, 6.07) is 0. The van der Waals surface area contributed by atoms with Crippen LogP contribution in [-0.2, 0) is 24.4 Å². The Hall–Kier alpha value is -0.240. The second-order valence-corrected chi connectivity index (χ2v) is 1.95. The van der Waals surface area contributed by atoms with Crippen molar-refractivity contribution in [2.24, 2.45) is 0 Å². The van der Waals surface area contributed by atoms with Crippen molar-refractivity contribution >= 4 is 0 Å². The van der Waals surface area contributed by atoms with Crippen molar-refractivity contribution in [2.75, 3.05) is 13.2 Å². The first-order valence-corrected chi connectivity index (χ1v) is 3.62. The van der Waals surface area contributed by atoms with Gasteiger partial charge in [-0.05, 0) is 23.9 Å². The molecule has 0 fully saturated rings. The zero-order valence-corrected chi connectivity index (χ0v) is 7.40. The Balaban J connectivity index is 3.80. The minimum Gasteiger partial charge on any atom is -0.326 e. The van der Waals surface area contributed by atoms with Crippen molar-refractivity contribution in [1.29, 1.82) is 0 Å². The van der Waals surface area contributed by atoms with Gasteiger partial charge in [-0.1, -0.05) is 0 Å². The van der Waals surface area contributed by atoms with E-state index in [1.54, 1.807) is 13.8 Å². The molecule has 0 radical (unpaired) electrons. The number of rotatable bonds is 7. The summed E-state index contributed by atoms with van der Waals surface area (Å²) in [5.74, 6) is -1.35. The highest BCUT2D eigenvalue weighted by molar-refractivity contribution is 4.41. The monoisotopic (exact) mass is 182 g/mol. The van der Waals surface area contributed by atoms with E-state index in [1.165, 1.54) is 6.92 Å². The molecule has 0 aromatic carbocycles. The molecule has 0 aliphatic rings. The third kappa shape index (κ3) is 4.60. The van der Waals surface area contributed by atoms with Crippen molar-refractivity contribution in [3.63, 3.8) is 0 Å². The van der Waals surface area contributed by atoms with Gasteiger partial charge in [-0.3, -0.25) is 0 Å². The van der Waals surface area contributed by atoms with E-state index in [1.807, 2.05) is 0 Å². The quantitative estimate of drug-likeness (QED) is 0.361. The lowest BCUT2D eigenvalue weighted by atomic mass is 10.6. The topological polar surface area (TPSA) is 66.4 Å². The molecule has 0 unspecified atom stereocenters. The molecule has 0 amide bonds. The first-order valence-electron chi connectivity index (χ1n) is 3.62. The molecule has 0 heterocycles. The van der Waals surface area contributed by atoms with E-state index >= 15 is 0 Å². The van der Waals surface area contributed by atoms with Crippen LogP contribution in [0.2, 0.25) is 0 Å². The van der Waals surface area contributed by atoms with Crippen LogP contribution in [0.3, 0.4) is 0 Å². The molecule has 0 rings (SSSR count). The molecule has 0 atom stereocenters. The van der Waals surface area contributed by atoms with Gasteiger partial charge in [0.05, 0.1) is 0 Å². The number of ether oxygens (including phenoxy) is 2. The molecule has 6 nitrogen and oxygen atoms in total. The first-order chi connectivity index (χ1) is 5.68. The Morgan fingerprint density at radius 2 is 1.67 bits per heavy atom. The van der Waals surface area contributed by atoms with Crippen molar-refractivity contribution < 1.29 is 29.7 Å². The predicted molar refractivity (Wildman–Crippen MR) is 37.5 cm³/mol. The van der Waals surface area contributed by atoms with Crippen LogP contribution in [0.5, 0.6) is 0 Å². The van der Waals surface area contributed by atoms with E-state index in [0.717, 1.165) is 0 Å². The molecule has 0 spiro atoms. The third-order valence-electron chi connectivity index (χ3n) is 1.03. The fraction of sp³-hybridized carbons (Fsp3) is 1.00. The maximum absolute atomic E-state index is 7.81. The molecule has 1 N–H and O–H groups in total. The van der Waals surface area contributed by atoms with Crippen LogP contribution in [0.4, 0.5) is 0 Å². The van der Waals surface area contributed by atoms with Crippen LogP contribution in [0, 0.1) is 0 Å². The van der Waals surface area contributed by atoms with E-state index in [4.69, 9.17) is 14.7 Å². The van der Waals surface area contributed by atoms with Crippen molar-refractivity contribution in [3.8, 4) is 0 Å². The Morgan fingerprint density at radius 1 is 1.17 bits per heavy atom. The largest absolute Gasteiger partial charge is 0.326 e. The molecule has 12 heavy (non-hydrogen) atoms. The van der Waals surface area contributed by atoms with Gasteiger partial charge in [0.15, 0.2) is 0 Å². The van der Waals surface area contributed by atoms with Gasteiger partial charge < -0.3 is 9.47 Å². The molecule has 74 valence electrons. The van der Waals surface area contributed by atoms with Crippen molar-refractivity contribution in [1.82, 2.24) is 0 Å². The molecule has 0 aromatic rings. The van der Waals surface area contributed by atoms with Gasteiger partial charge in [0.2, 0.25) is 0 Å². The van der Waals surface area contributed by atoms with E-state index in [0.29, 0.717) is 13.2 Å². The molecule has 0 aliphatic heterocycles. The average Bonchev–Trinajstić information content (AvgIpc) is 2.02. The Labute approximate surface area is 70.7 Å². The summed E-state index contributed by atoms with van der Waals surface area (Å²) >= 11 is 0. The zero-order chi connectivity index (χ0) is 9.45. The minimum absolute atomic E-state index is 0.380. The molecule has 6 heteroatoms. The second kappa shape index (κ2) is 6.30. The summed E-state index contributed by atoms with van der Waals surface area (Å²) in [5.41, 5.74) is 0. The fourth-order valence-corrected chi connectivity index (χ4v) is 0.691. The normalized spacial score (nSPS) is 12.0. The SMILES string of the molecule is CCOC(C)(OCC)OOOO. The Kier molecular flexibility index (Phi) is 6.17. The van der Waals surface area contributed by atoms with Gasteiger partial charge >= 0.3 is 5.97 Å². The van der Waals surface area contributed by atoms with E-state index in [-0.39, 0.29) is 0 Å². The molecular weight excluding hydrogens is 168 g/mol. The van der Waals surface area contributed by atoms with Crippen molar-refractivity contribution in [2.45, 2.75) is 26.7 Å². The summed E-state index contributed by atoms with van der Waals surface area (Å²) in [6.45, 7) is 5.77. The third-order valence-corrected chi connectivity index (χ3v) is 1.03. The summed E-state index contributed by atoms with van der Waals surface area (Å²) in [4.78, 5) is 4.44. The summed E-state index contributed by atoms with van der Waals surface area (Å²) in [5, 5.41) is 14.9. The second-order valence-electron chi connectivity index (χ2n) is 1.95. The van der Waals surface area contributed by atoms with Crippen LogP contribution in [0.15, 0.2) is 0 Å². The zero-order valence-electron chi connectivity index (χ0n) is 7.40. The minimum atomic E-state index is -1.35. The van der Waals surface area contributed by atoms with Gasteiger partial charge in [0.1, 0.15) is 0 Å². The van der Waals surface area contributed by atoms with Crippen LogP contribution in [0.1, 0.15) is 20.8 Å². The van der Waals surface area contributed by atoms with E-state index < -0.39 is 5.97 Å². The first kappa shape index (κ1) is 11.8. The molecule has 0 aromatic heterocycles. The smallest absolute Gasteiger partial charge is 0.312 e. The van der Waals surface area contributed by atoms with Crippen LogP contribution >= 0.6 is 0 Å². The molecule has 0 aliphatic carbocycles. The lowest BCUT2D eigenvalue weighted by Gasteiger charge is -2.25. The Morgan fingerprint density at radius 3 is 2.00 bits per heavy atom. The molecule has 0 bridgehead atoms. The number of hydrogen-bond acceptors (Lipinski definition) is 6. The maximum Gasteiger partial charge on any atom is 0.312 e. The highest BCUT2D eigenvalue weighted by atomic mass is 17.7. The van der Waals surface area contributed by atoms with Gasteiger partial charge in [0.25, 0.3) is 0 Å². The fourth-order valence-electron chi connectivity index (χ4n) is 0.691. The van der Waals surface area contributed by atoms with E-state index in [9.17, 15) is 0 Å². The molecule has 0 saturated heterocycles. The molecule has 0 saturated carbocycles. The summed E-state index contributed by atoms with van der Waals surface area (Å²) in [6.07, 6.45) is 0. The summed E-state index contributed by atoms with van der Waals surface area (Å²) in [7, 11) is 0. The highest BCUT2D eigenvalue weighted by Crippen LogP contribution is 2.14. The lowest BCUT2D eigenvalue weighted by Crippen LogP contribution is -2.35. The molecular formula is C6H14O6. The predicted octanol–water partition coefficient (Wildman–Crippen LogP) is 1.09.